The molecule has 0 radical (unpaired) electrons. The molecule has 5 nitrogen and oxygen atoms in total. The summed E-state index contributed by atoms with van der Waals surface area (Å²) in [7, 11) is -1.41. The molecule has 1 atom stereocenters. The van der Waals surface area contributed by atoms with Crippen LogP contribution in [0.25, 0.3) is 0 Å². The molecule has 19 heavy (non-hydrogen) atoms. The van der Waals surface area contributed by atoms with Gasteiger partial charge in [-0.2, -0.15) is 0 Å². The van der Waals surface area contributed by atoms with Gasteiger partial charge in [0.1, 0.15) is 0 Å². The van der Waals surface area contributed by atoms with Gasteiger partial charge in [-0.25, -0.2) is 8.42 Å². The van der Waals surface area contributed by atoms with Crippen LogP contribution in [0.5, 0.6) is 11.5 Å². The minimum Gasteiger partial charge on any atom is -0.504 e. The summed E-state index contributed by atoms with van der Waals surface area (Å²) in [6.07, 6.45) is 1.55. The van der Waals surface area contributed by atoms with Gasteiger partial charge in [0.15, 0.2) is 21.3 Å². The van der Waals surface area contributed by atoms with Gasteiger partial charge in [0.25, 0.3) is 0 Å². The van der Waals surface area contributed by atoms with E-state index in [1.807, 2.05) is 0 Å². The van der Waals surface area contributed by atoms with E-state index in [9.17, 15) is 13.5 Å². The zero-order chi connectivity index (χ0) is 13.9. The van der Waals surface area contributed by atoms with Crippen molar-refractivity contribution in [2.75, 3.05) is 18.6 Å². The quantitative estimate of drug-likeness (QED) is 0.865. The van der Waals surface area contributed by atoms with E-state index >= 15 is 0 Å². The molecule has 6 heteroatoms. The fourth-order valence-corrected chi connectivity index (χ4v) is 3.98. The van der Waals surface area contributed by atoms with Crippen LogP contribution in [0.3, 0.4) is 0 Å². The molecule has 0 aliphatic carbocycles. The normalized spacial score (nSPS) is 22.1. The molecular weight excluding hydrogens is 266 g/mol. The summed E-state index contributed by atoms with van der Waals surface area (Å²) in [4.78, 5) is 0. The van der Waals surface area contributed by atoms with Crippen molar-refractivity contribution >= 4 is 9.84 Å². The first kappa shape index (κ1) is 14.1. The number of ether oxygens (including phenoxy) is 1. The summed E-state index contributed by atoms with van der Waals surface area (Å²) in [6, 6.07) is 5.24. The number of hydrogen-bond donors (Lipinski definition) is 2. The monoisotopic (exact) mass is 285 g/mol. The Hall–Kier alpha value is -1.27. The Morgan fingerprint density at radius 2 is 2.26 bits per heavy atom. The zero-order valence-corrected chi connectivity index (χ0v) is 11.7. The lowest BCUT2D eigenvalue weighted by Gasteiger charge is -2.23. The second kappa shape index (κ2) is 5.79. The molecule has 1 aromatic rings. The molecule has 2 N–H and O–H groups in total. The van der Waals surface area contributed by atoms with Gasteiger partial charge < -0.3 is 15.2 Å². The van der Waals surface area contributed by atoms with E-state index in [-0.39, 0.29) is 23.3 Å². The van der Waals surface area contributed by atoms with Gasteiger partial charge >= 0.3 is 0 Å². The predicted octanol–water partition coefficient (Wildman–Crippen LogP) is 1.07. The molecule has 1 saturated heterocycles. The maximum Gasteiger partial charge on any atom is 0.162 e. The van der Waals surface area contributed by atoms with Gasteiger partial charge in [0, 0.05) is 18.2 Å². The Kier molecular flexibility index (Phi) is 4.31. The average molecular weight is 285 g/mol. The summed E-state index contributed by atoms with van der Waals surface area (Å²) in [5.41, 5.74) is 0.710. The molecule has 1 aliphatic rings. The summed E-state index contributed by atoms with van der Waals surface area (Å²) in [6.45, 7) is 0.434. The van der Waals surface area contributed by atoms with Gasteiger partial charge in [0.05, 0.1) is 18.6 Å². The van der Waals surface area contributed by atoms with E-state index in [1.54, 1.807) is 18.2 Å². The summed E-state index contributed by atoms with van der Waals surface area (Å²) in [5, 5.41) is 13.1. The molecule has 1 fully saturated rings. The van der Waals surface area contributed by atoms with Crippen LogP contribution >= 0.6 is 0 Å². The number of nitrogens with one attached hydrogen (secondary N) is 1. The zero-order valence-electron chi connectivity index (χ0n) is 10.9. The molecule has 0 aromatic heterocycles. The van der Waals surface area contributed by atoms with Crippen molar-refractivity contribution in [2.45, 2.75) is 25.4 Å². The standard InChI is InChI=1S/C13H19NO4S/c1-18-12-6-2-4-10(13(12)15)8-14-11-5-3-7-19(16,17)9-11/h2,4,6,11,14-15H,3,5,7-9H2,1H3. The Morgan fingerprint density at radius 1 is 1.47 bits per heavy atom. The van der Waals surface area contributed by atoms with Crippen LogP contribution in [0.4, 0.5) is 0 Å². The summed E-state index contributed by atoms with van der Waals surface area (Å²) < 4.78 is 28.1. The maximum absolute atomic E-state index is 11.5. The lowest BCUT2D eigenvalue weighted by Crippen LogP contribution is -2.39. The molecule has 0 bridgehead atoms. The van der Waals surface area contributed by atoms with Gasteiger partial charge in [-0.3, -0.25) is 0 Å². The summed E-state index contributed by atoms with van der Waals surface area (Å²) in [5.74, 6) is 1.000. The number of methoxy groups -OCH3 is 1. The topological polar surface area (TPSA) is 75.6 Å². The van der Waals surface area contributed by atoms with Crippen LogP contribution in [0, 0.1) is 0 Å². The summed E-state index contributed by atoms with van der Waals surface area (Å²) >= 11 is 0. The lowest BCUT2D eigenvalue weighted by atomic mass is 10.1. The number of sulfone groups is 1. The average Bonchev–Trinajstić information content (AvgIpc) is 2.36. The second-order valence-electron chi connectivity index (χ2n) is 4.80. The maximum atomic E-state index is 11.5. The third-order valence-electron chi connectivity index (χ3n) is 3.35. The van der Waals surface area contributed by atoms with E-state index < -0.39 is 9.84 Å². The largest absolute Gasteiger partial charge is 0.504 e. The molecule has 0 spiro atoms. The predicted molar refractivity (Wildman–Crippen MR) is 73.2 cm³/mol. The van der Waals surface area contributed by atoms with E-state index in [0.29, 0.717) is 24.3 Å². The second-order valence-corrected chi connectivity index (χ2v) is 7.03. The minimum atomic E-state index is -2.91. The van der Waals surface area contributed by atoms with Crippen molar-refractivity contribution in [1.29, 1.82) is 0 Å². The van der Waals surface area contributed by atoms with Crippen LogP contribution in [0.2, 0.25) is 0 Å². The fraction of sp³-hybridized carbons (Fsp3) is 0.538. The number of rotatable bonds is 4. The van der Waals surface area contributed by atoms with Gasteiger partial charge in [-0.15, -0.1) is 0 Å². The molecule has 1 aromatic carbocycles. The Morgan fingerprint density at radius 3 is 2.95 bits per heavy atom. The van der Waals surface area contributed by atoms with Gasteiger partial charge in [0.2, 0.25) is 0 Å². The lowest BCUT2D eigenvalue weighted by molar-refractivity contribution is 0.368. The Labute approximate surface area is 113 Å². The van der Waals surface area contributed by atoms with E-state index in [4.69, 9.17) is 4.74 Å². The number of phenols is 1. The highest BCUT2D eigenvalue weighted by molar-refractivity contribution is 7.91. The van der Waals surface area contributed by atoms with E-state index in [2.05, 4.69) is 5.32 Å². The van der Waals surface area contributed by atoms with Crippen LogP contribution in [-0.4, -0.2) is 38.2 Å². The molecule has 0 amide bonds. The van der Waals surface area contributed by atoms with E-state index in [1.165, 1.54) is 7.11 Å². The number of aromatic hydroxyl groups is 1. The Bertz CT molecular complexity index is 542. The molecular formula is C13H19NO4S. The first-order valence-corrected chi connectivity index (χ1v) is 8.12. The van der Waals surface area contributed by atoms with Crippen molar-refractivity contribution in [3.05, 3.63) is 23.8 Å². The number of para-hydroxylation sites is 1. The van der Waals surface area contributed by atoms with Crippen molar-refractivity contribution in [3.63, 3.8) is 0 Å². The van der Waals surface area contributed by atoms with Crippen molar-refractivity contribution in [3.8, 4) is 11.5 Å². The highest BCUT2D eigenvalue weighted by Crippen LogP contribution is 2.29. The van der Waals surface area contributed by atoms with Gasteiger partial charge in [-0.1, -0.05) is 12.1 Å². The third-order valence-corrected chi connectivity index (χ3v) is 5.17. The highest BCUT2D eigenvalue weighted by Gasteiger charge is 2.24. The first-order valence-electron chi connectivity index (χ1n) is 6.30. The first-order chi connectivity index (χ1) is 9.02. The number of benzene rings is 1. The van der Waals surface area contributed by atoms with Crippen LogP contribution in [0.1, 0.15) is 18.4 Å². The smallest absolute Gasteiger partial charge is 0.162 e. The SMILES string of the molecule is COc1cccc(CNC2CCCS(=O)(=O)C2)c1O. The van der Waals surface area contributed by atoms with Gasteiger partial charge in [-0.05, 0) is 18.9 Å². The molecule has 106 valence electrons. The fourth-order valence-electron chi connectivity index (χ4n) is 2.31. The van der Waals surface area contributed by atoms with Crippen molar-refractivity contribution in [2.24, 2.45) is 0 Å². The molecule has 2 rings (SSSR count). The molecule has 1 aliphatic heterocycles. The molecule has 0 saturated carbocycles. The van der Waals surface area contributed by atoms with E-state index in [0.717, 1.165) is 6.42 Å². The highest BCUT2D eigenvalue weighted by atomic mass is 32.2. The molecule has 1 unspecified atom stereocenters. The molecule has 1 heterocycles. The number of hydrogen-bond acceptors (Lipinski definition) is 5. The number of phenolic OH excluding ortho intramolecular Hbond substituents is 1. The third kappa shape index (κ3) is 3.61. The Balaban J connectivity index is 1.99. The van der Waals surface area contributed by atoms with Crippen molar-refractivity contribution < 1.29 is 18.3 Å². The van der Waals surface area contributed by atoms with Crippen molar-refractivity contribution in [1.82, 2.24) is 5.32 Å². The van der Waals surface area contributed by atoms with Crippen LogP contribution in [-0.2, 0) is 16.4 Å². The van der Waals surface area contributed by atoms with Crippen LogP contribution in [0.15, 0.2) is 18.2 Å². The minimum absolute atomic E-state index is 0.0376. The van der Waals surface area contributed by atoms with Crippen LogP contribution < -0.4 is 10.1 Å².